The maximum atomic E-state index is 12.9. The molecule has 0 bridgehead atoms. The Labute approximate surface area is 172 Å². The number of fused-ring (bicyclic) bond motifs is 1. The van der Waals surface area contributed by atoms with Gasteiger partial charge in [-0.1, -0.05) is 12.1 Å². The molecular weight excluding hydrogens is 362 g/mol. The first kappa shape index (κ1) is 19.5. The minimum absolute atomic E-state index is 0.0138. The van der Waals surface area contributed by atoms with Crippen LogP contribution < -0.4 is 15.2 Å². The number of nitrogens with zero attached hydrogens (tertiary/aromatic N) is 3. The number of benzene rings is 1. The van der Waals surface area contributed by atoms with Gasteiger partial charge in [-0.3, -0.25) is 9.20 Å². The van der Waals surface area contributed by atoms with Gasteiger partial charge in [0.05, 0.1) is 12.3 Å². The molecule has 3 heterocycles. The predicted molar refractivity (Wildman–Crippen MR) is 119 cm³/mol. The van der Waals surface area contributed by atoms with Crippen LogP contribution in [0.4, 0.5) is 5.69 Å². The molecule has 3 aromatic rings. The summed E-state index contributed by atoms with van der Waals surface area (Å²) < 4.78 is 7.47. The Balaban J connectivity index is 1.70. The van der Waals surface area contributed by atoms with Crippen LogP contribution in [0.3, 0.4) is 0 Å². The summed E-state index contributed by atoms with van der Waals surface area (Å²) in [6.07, 6.45) is 1.97. The Bertz CT molecular complexity index is 1090. The highest BCUT2D eigenvalue weighted by Gasteiger charge is 2.21. The van der Waals surface area contributed by atoms with E-state index < -0.39 is 0 Å². The molecule has 1 aliphatic heterocycles. The summed E-state index contributed by atoms with van der Waals surface area (Å²) in [4.78, 5) is 17.6. The monoisotopic (exact) mass is 391 g/mol. The first-order valence-electron chi connectivity index (χ1n) is 10.3. The molecule has 1 fully saturated rings. The van der Waals surface area contributed by atoms with Crippen molar-refractivity contribution in [2.24, 2.45) is 0 Å². The minimum atomic E-state index is -0.0138. The molecule has 29 heavy (non-hydrogen) atoms. The summed E-state index contributed by atoms with van der Waals surface area (Å²) in [6.45, 7) is 9.85. The molecule has 1 atom stereocenters. The molecule has 5 heteroatoms. The van der Waals surface area contributed by atoms with Crippen LogP contribution >= 0.6 is 0 Å². The van der Waals surface area contributed by atoms with Crippen molar-refractivity contribution in [3.8, 4) is 16.9 Å². The van der Waals surface area contributed by atoms with E-state index in [2.05, 4.69) is 35.9 Å². The molecule has 1 aliphatic rings. The highest BCUT2D eigenvalue weighted by molar-refractivity contribution is 5.71. The molecule has 0 unspecified atom stereocenters. The van der Waals surface area contributed by atoms with Gasteiger partial charge in [-0.2, -0.15) is 0 Å². The van der Waals surface area contributed by atoms with E-state index in [-0.39, 0.29) is 5.56 Å². The molecule has 5 nitrogen and oxygen atoms in total. The Morgan fingerprint density at radius 1 is 1.07 bits per heavy atom. The fraction of sp³-hybridized carbons (Fsp3) is 0.375. The Kier molecular flexibility index (Phi) is 5.33. The van der Waals surface area contributed by atoms with Gasteiger partial charge in [-0.15, -0.1) is 0 Å². The van der Waals surface area contributed by atoms with Crippen molar-refractivity contribution >= 4 is 11.2 Å². The van der Waals surface area contributed by atoms with Crippen LogP contribution in [-0.4, -0.2) is 48.6 Å². The van der Waals surface area contributed by atoms with Gasteiger partial charge in [0, 0.05) is 43.5 Å². The van der Waals surface area contributed by atoms with Crippen molar-refractivity contribution in [2.75, 3.05) is 38.2 Å². The summed E-state index contributed by atoms with van der Waals surface area (Å²) >= 11 is 0. The van der Waals surface area contributed by atoms with Crippen molar-refractivity contribution in [1.29, 1.82) is 0 Å². The van der Waals surface area contributed by atoms with Gasteiger partial charge in [-0.25, -0.2) is 0 Å². The molecule has 0 N–H and O–H groups in total. The molecule has 0 saturated carbocycles. The number of ether oxygens (including phenoxy) is 1. The third kappa shape index (κ3) is 3.87. The van der Waals surface area contributed by atoms with Crippen molar-refractivity contribution < 1.29 is 4.74 Å². The second kappa shape index (κ2) is 7.91. The maximum Gasteiger partial charge on any atom is 0.255 e. The Morgan fingerprint density at radius 2 is 1.90 bits per heavy atom. The zero-order chi connectivity index (χ0) is 20.5. The summed E-state index contributed by atoms with van der Waals surface area (Å²) in [5.41, 5.74) is 4.99. The van der Waals surface area contributed by atoms with Crippen LogP contribution in [0, 0.1) is 6.92 Å². The zero-order valence-electron chi connectivity index (χ0n) is 17.7. The number of pyridine rings is 2. The van der Waals surface area contributed by atoms with E-state index in [1.807, 2.05) is 44.3 Å². The number of piperazine rings is 1. The smallest absolute Gasteiger partial charge is 0.255 e. The third-order valence-electron chi connectivity index (χ3n) is 5.93. The lowest BCUT2D eigenvalue weighted by molar-refractivity contribution is 0.234. The minimum Gasteiger partial charge on any atom is -0.494 e. The Morgan fingerprint density at radius 3 is 2.66 bits per heavy atom. The summed E-state index contributed by atoms with van der Waals surface area (Å²) in [5.74, 6) is 0.865. The molecule has 4 rings (SSSR count). The lowest BCUT2D eigenvalue weighted by Crippen LogP contribution is -2.50. The highest BCUT2D eigenvalue weighted by atomic mass is 16.5. The number of aromatic nitrogens is 1. The molecule has 1 aromatic carbocycles. The van der Waals surface area contributed by atoms with Gasteiger partial charge in [0.15, 0.2) is 0 Å². The van der Waals surface area contributed by atoms with Crippen molar-refractivity contribution in [2.45, 2.75) is 26.8 Å². The Hall–Kier alpha value is -2.79. The molecule has 1 saturated heterocycles. The van der Waals surface area contributed by atoms with E-state index >= 15 is 0 Å². The fourth-order valence-corrected chi connectivity index (χ4v) is 3.94. The predicted octanol–water partition coefficient (Wildman–Crippen LogP) is 3.81. The van der Waals surface area contributed by atoms with Gasteiger partial charge in [0.1, 0.15) is 5.75 Å². The van der Waals surface area contributed by atoms with E-state index in [9.17, 15) is 4.79 Å². The van der Waals surface area contributed by atoms with Gasteiger partial charge in [-0.05, 0) is 68.8 Å². The third-order valence-corrected chi connectivity index (χ3v) is 5.93. The van der Waals surface area contributed by atoms with Crippen LogP contribution in [0.25, 0.3) is 16.6 Å². The van der Waals surface area contributed by atoms with E-state index in [1.54, 1.807) is 10.5 Å². The molecule has 0 spiro atoms. The maximum absolute atomic E-state index is 12.9. The van der Waals surface area contributed by atoms with E-state index in [4.69, 9.17) is 4.74 Å². The number of aryl methyl sites for hydroxylation is 1. The lowest BCUT2D eigenvalue weighted by atomic mass is 10.0. The largest absolute Gasteiger partial charge is 0.494 e. The SMILES string of the molecule is CCOc1cc(-c2cc(=O)n3cc(N4CCN(C)[C@@H](C)C4)ccc3c2)ccc1C. The number of rotatable bonds is 4. The molecule has 2 aromatic heterocycles. The first-order chi connectivity index (χ1) is 14.0. The zero-order valence-corrected chi connectivity index (χ0v) is 17.7. The van der Waals surface area contributed by atoms with E-state index in [1.165, 1.54) is 0 Å². The van der Waals surface area contributed by atoms with Crippen LogP contribution in [0.5, 0.6) is 5.75 Å². The molecule has 152 valence electrons. The van der Waals surface area contributed by atoms with Gasteiger partial charge >= 0.3 is 0 Å². The van der Waals surface area contributed by atoms with Crippen LogP contribution in [0.2, 0.25) is 0 Å². The summed E-state index contributed by atoms with van der Waals surface area (Å²) in [6, 6.07) is 14.5. The van der Waals surface area contributed by atoms with Gasteiger partial charge in [0.25, 0.3) is 5.56 Å². The van der Waals surface area contributed by atoms with Crippen LogP contribution in [0.15, 0.2) is 53.5 Å². The number of anilines is 1. The molecular formula is C24H29N3O2. The molecule has 0 amide bonds. The average molecular weight is 392 g/mol. The number of likely N-dealkylation sites (N-methyl/N-ethyl adjacent to an activating group) is 1. The van der Waals surface area contributed by atoms with Gasteiger partial charge < -0.3 is 14.5 Å². The highest BCUT2D eigenvalue weighted by Crippen LogP contribution is 2.28. The standard InChI is InChI=1S/C24H29N3O2/c1-5-29-23-13-19(7-6-17(23)2)20-12-21-8-9-22(16-27(21)24(28)14-20)26-11-10-25(4)18(3)15-26/h6-9,12-14,16,18H,5,10-11,15H2,1-4H3/t18-/m0/s1. The van der Waals surface area contributed by atoms with Crippen molar-refractivity contribution in [3.05, 3.63) is 64.6 Å². The van der Waals surface area contributed by atoms with Crippen molar-refractivity contribution in [3.63, 3.8) is 0 Å². The quantitative estimate of drug-likeness (QED) is 0.678. The van der Waals surface area contributed by atoms with Crippen LogP contribution in [0.1, 0.15) is 19.4 Å². The molecule has 0 aliphatic carbocycles. The first-order valence-corrected chi connectivity index (χ1v) is 10.3. The van der Waals surface area contributed by atoms with Crippen molar-refractivity contribution in [1.82, 2.24) is 9.30 Å². The summed E-state index contributed by atoms with van der Waals surface area (Å²) in [7, 11) is 2.16. The lowest BCUT2D eigenvalue weighted by Gasteiger charge is -2.39. The normalized spacial score (nSPS) is 17.7. The topological polar surface area (TPSA) is 37.2 Å². The van der Waals surface area contributed by atoms with Gasteiger partial charge in [0.2, 0.25) is 0 Å². The number of hydrogen-bond acceptors (Lipinski definition) is 4. The second-order valence-corrected chi connectivity index (χ2v) is 7.95. The second-order valence-electron chi connectivity index (χ2n) is 7.95. The number of hydrogen-bond donors (Lipinski definition) is 0. The van der Waals surface area contributed by atoms with E-state index in [0.29, 0.717) is 12.6 Å². The fourth-order valence-electron chi connectivity index (χ4n) is 3.94. The molecule has 0 radical (unpaired) electrons. The summed E-state index contributed by atoms with van der Waals surface area (Å²) in [5, 5.41) is 0. The van der Waals surface area contributed by atoms with E-state index in [0.717, 1.165) is 53.3 Å². The average Bonchev–Trinajstić information content (AvgIpc) is 2.71. The van der Waals surface area contributed by atoms with Crippen LogP contribution in [-0.2, 0) is 0 Å².